The van der Waals surface area contributed by atoms with Gasteiger partial charge in [0.15, 0.2) is 0 Å². The maximum atomic E-state index is 14.8. The van der Waals surface area contributed by atoms with Gasteiger partial charge in [-0.25, -0.2) is 31.5 Å². The van der Waals surface area contributed by atoms with Gasteiger partial charge in [-0.2, -0.15) is 0 Å². The number of hydrogen-bond acceptors (Lipinski definition) is 10. The highest BCUT2D eigenvalue weighted by Crippen LogP contribution is 2.46. The molecule has 1 spiro atoms. The summed E-state index contributed by atoms with van der Waals surface area (Å²) < 4.78 is 70.1. The Morgan fingerprint density at radius 2 is 1.65 bits per heavy atom. The molecule has 2 aromatic rings. The van der Waals surface area contributed by atoms with Crippen LogP contribution < -0.4 is 20.7 Å². The van der Waals surface area contributed by atoms with Gasteiger partial charge >= 0.3 is 12.2 Å². The molecule has 5 amide bonds. The number of carbonyl (C=O) groups is 5. The molecule has 18 heteroatoms. The van der Waals surface area contributed by atoms with Crippen LogP contribution in [0.5, 0.6) is 0 Å². The van der Waals surface area contributed by atoms with Crippen LogP contribution in [0.4, 0.5) is 24.1 Å². The average molecular weight is 855 g/mol. The lowest BCUT2D eigenvalue weighted by Gasteiger charge is -2.37. The third kappa shape index (κ3) is 8.93. The first kappa shape index (κ1) is 42.8. The molecule has 324 valence electrons. The summed E-state index contributed by atoms with van der Waals surface area (Å²) in [5.41, 5.74) is -2.56. The molecule has 4 N–H and O–H groups in total. The number of benzene rings is 2. The Hall–Kier alpha value is -5.26. The largest absolute Gasteiger partial charge is 0.446 e. The Kier molecular flexibility index (Phi) is 12.4. The van der Waals surface area contributed by atoms with Crippen molar-refractivity contribution in [2.24, 2.45) is 5.92 Å². The van der Waals surface area contributed by atoms with E-state index >= 15 is 0 Å². The van der Waals surface area contributed by atoms with Crippen LogP contribution in [0, 0.1) is 17.6 Å². The monoisotopic (exact) mass is 854 g/mol. The van der Waals surface area contributed by atoms with E-state index in [-0.39, 0.29) is 50.7 Å². The second-order valence-electron chi connectivity index (χ2n) is 16.7. The fourth-order valence-electron chi connectivity index (χ4n) is 8.89. The number of fused-ring (bicyclic) bond motifs is 3. The molecule has 0 bridgehead atoms. The fourth-order valence-corrected chi connectivity index (χ4v) is 10.1. The molecular weight excluding hydrogens is 803 g/mol. The highest BCUT2D eigenvalue weighted by molar-refractivity contribution is 7.90. The third-order valence-electron chi connectivity index (χ3n) is 12.5. The van der Waals surface area contributed by atoms with Crippen LogP contribution in [-0.2, 0) is 47.0 Å². The van der Waals surface area contributed by atoms with E-state index in [0.29, 0.717) is 49.8 Å². The van der Waals surface area contributed by atoms with Gasteiger partial charge < -0.3 is 30.3 Å². The predicted molar refractivity (Wildman–Crippen MR) is 213 cm³/mol. The first-order chi connectivity index (χ1) is 28.6. The lowest BCUT2D eigenvalue weighted by atomic mass is 9.94. The Morgan fingerprint density at radius 3 is 2.38 bits per heavy atom. The summed E-state index contributed by atoms with van der Waals surface area (Å²) in [6.07, 6.45) is 4.94. The molecule has 2 aromatic carbocycles. The van der Waals surface area contributed by atoms with Gasteiger partial charge in [-0.3, -0.25) is 19.3 Å². The number of nitrogens with zero attached hydrogens (tertiary/aromatic N) is 2. The second kappa shape index (κ2) is 17.4. The first-order valence-electron chi connectivity index (χ1n) is 20.7. The van der Waals surface area contributed by atoms with E-state index in [0.717, 1.165) is 37.8 Å². The van der Waals surface area contributed by atoms with Crippen LogP contribution in [0.25, 0.3) is 0 Å². The van der Waals surface area contributed by atoms with Gasteiger partial charge in [-0.05, 0) is 81.7 Å². The Labute approximate surface area is 348 Å². The lowest BCUT2D eigenvalue weighted by molar-refractivity contribution is -0.146. The summed E-state index contributed by atoms with van der Waals surface area (Å²) in [6.45, 7) is 5.33. The summed E-state index contributed by atoms with van der Waals surface area (Å²) in [4.78, 5) is 72.4. The molecule has 2 aliphatic carbocycles. The molecule has 0 unspecified atom stereocenters. The van der Waals surface area contributed by atoms with Crippen molar-refractivity contribution in [2.45, 2.75) is 131 Å². The SMILES string of the molecule is C=C[C@@H]1C[C@@]12NC(=O)[C@]1(C)C[C@@H](OC(=O)N3Cc4cccc(F)c4C3)CN1C(=O)[C@@H](NC(=O)OC1CCCC1)CCCCCCCNc1ccc(F)cc1S(=O)(=O)NC2=O. The molecule has 15 nitrogen and oxygen atoms in total. The zero-order valence-corrected chi connectivity index (χ0v) is 34.4. The maximum absolute atomic E-state index is 14.8. The number of sulfonamides is 1. The predicted octanol–water partition coefficient (Wildman–Crippen LogP) is 5.15. The second-order valence-corrected chi connectivity index (χ2v) is 18.4. The third-order valence-corrected chi connectivity index (χ3v) is 13.8. The number of alkyl carbamates (subject to hydrolysis) is 1. The Balaban J connectivity index is 1.19. The van der Waals surface area contributed by atoms with Gasteiger partial charge in [-0.1, -0.05) is 43.9 Å². The molecule has 5 aliphatic rings. The first-order valence-corrected chi connectivity index (χ1v) is 22.2. The number of hydrogen-bond donors (Lipinski definition) is 4. The number of amides is 5. The van der Waals surface area contributed by atoms with Gasteiger partial charge in [0.1, 0.15) is 45.9 Å². The molecule has 0 radical (unpaired) electrons. The van der Waals surface area contributed by atoms with E-state index in [2.05, 4.69) is 22.5 Å². The molecule has 0 aromatic heterocycles. The minimum absolute atomic E-state index is 0.0381. The van der Waals surface area contributed by atoms with Crippen molar-refractivity contribution >= 4 is 45.6 Å². The standard InChI is InChI=1S/C42H52F2N6O9S/c1-3-27-21-42(27)38(53)48-60(56,57)35-20-28(43)17-18-33(35)45-19-10-6-4-5-7-16-34(46-39(54)58-29-13-8-9-14-29)36(51)50-24-30(22-41(50,2)37(52)47-42)59-40(55)49-23-26-12-11-15-32(44)31(26)25-49/h3,11-12,15,17-18,20,27,29-30,34,45H,1,4-10,13-14,16,19,21-25H2,2H3,(H,46,54)(H,47,52)(H,48,53)/t27-,30-,34+,41+,42-/m1/s1. The summed E-state index contributed by atoms with van der Waals surface area (Å²) in [5.74, 6) is -4.60. The van der Waals surface area contributed by atoms with Crippen LogP contribution in [0.2, 0.25) is 0 Å². The fraction of sp³-hybridized carbons (Fsp3) is 0.548. The van der Waals surface area contributed by atoms with Crippen LogP contribution in [-0.4, -0.2) is 90.5 Å². The minimum atomic E-state index is -4.69. The number of rotatable bonds is 4. The number of anilines is 1. The molecule has 3 heterocycles. The maximum Gasteiger partial charge on any atom is 0.410 e. The van der Waals surface area contributed by atoms with Crippen molar-refractivity contribution in [1.29, 1.82) is 0 Å². The van der Waals surface area contributed by atoms with Crippen LogP contribution in [0.1, 0.15) is 95.1 Å². The summed E-state index contributed by atoms with van der Waals surface area (Å²) in [7, 11) is -4.69. The Morgan fingerprint density at radius 1 is 0.917 bits per heavy atom. The number of nitrogens with one attached hydrogen (secondary N) is 4. The van der Waals surface area contributed by atoms with Crippen molar-refractivity contribution in [3.05, 3.63) is 71.8 Å². The van der Waals surface area contributed by atoms with Gasteiger partial charge in [0.05, 0.1) is 18.8 Å². The highest BCUT2D eigenvalue weighted by atomic mass is 32.2. The number of ether oxygens (including phenoxy) is 2. The van der Waals surface area contributed by atoms with Crippen molar-refractivity contribution in [3.8, 4) is 0 Å². The van der Waals surface area contributed by atoms with E-state index in [9.17, 15) is 41.2 Å². The van der Waals surface area contributed by atoms with Crippen molar-refractivity contribution < 1.29 is 50.6 Å². The summed E-state index contributed by atoms with van der Waals surface area (Å²) in [5, 5.41) is 8.51. The normalized spacial score (nSPS) is 28.6. The summed E-state index contributed by atoms with van der Waals surface area (Å²) >= 11 is 0. The smallest absolute Gasteiger partial charge is 0.410 e. The topological polar surface area (TPSA) is 193 Å². The van der Waals surface area contributed by atoms with Gasteiger partial charge in [0.25, 0.3) is 15.9 Å². The van der Waals surface area contributed by atoms with Crippen molar-refractivity contribution in [3.63, 3.8) is 0 Å². The summed E-state index contributed by atoms with van der Waals surface area (Å²) in [6, 6.07) is 6.62. The molecular formula is C42H52F2N6O9S. The lowest BCUT2D eigenvalue weighted by Crippen LogP contribution is -2.63. The number of halogens is 2. The zero-order chi connectivity index (χ0) is 42.8. The van der Waals surface area contributed by atoms with E-state index in [1.807, 2.05) is 4.72 Å². The van der Waals surface area contributed by atoms with Crippen LogP contribution in [0.15, 0.2) is 53.9 Å². The van der Waals surface area contributed by atoms with E-state index in [4.69, 9.17) is 9.47 Å². The van der Waals surface area contributed by atoms with E-state index in [1.165, 1.54) is 34.9 Å². The minimum Gasteiger partial charge on any atom is -0.446 e. The van der Waals surface area contributed by atoms with Gasteiger partial charge in [0.2, 0.25) is 11.8 Å². The molecule has 3 aliphatic heterocycles. The number of carbonyl (C=O) groups excluding carboxylic acids is 5. The van der Waals surface area contributed by atoms with Crippen molar-refractivity contribution in [1.82, 2.24) is 25.2 Å². The average Bonchev–Trinajstić information content (AvgIpc) is 3.54. The zero-order valence-electron chi connectivity index (χ0n) is 33.6. The highest BCUT2D eigenvalue weighted by Gasteiger charge is 2.63. The molecule has 3 fully saturated rings. The molecule has 7 rings (SSSR count). The molecule has 1 saturated heterocycles. The molecule has 60 heavy (non-hydrogen) atoms. The van der Waals surface area contributed by atoms with Gasteiger partial charge in [-0.15, -0.1) is 6.58 Å². The van der Waals surface area contributed by atoms with E-state index < -0.39 is 85.6 Å². The van der Waals surface area contributed by atoms with Crippen LogP contribution >= 0.6 is 0 Å². The van der Waals surface area contributed by atoms with Crippen molar-refractivity contribution in [2.75, 3.05) is 18.4 Å². The van der Waals surface area contributed by atoms with Crippen LogP contribution in [0.3, 0.4) is 0 Å². The van der Waals surface area contributed by atoms with E-state index in [1.54, 1.807) is 12.1 Å². The molecule has 2 saturated carbocycles. The molecule has 5 atom stereocenters. The Bertz CT molecular complexity index is 2150. The van der Waals surface area contributed by atoms with Gasteiger partial charge in [0, 0.05) is 31.0 Å². The quantitative estimate of drug-likeness (QED) is 0.299.